The van der Waals surface area contributed by atoms with Crippen molar-refractivity contribution in [1.29, 1.82) is 0 Å². The van der Waals surface area contributed by atoms with Crippen molar-refractivity contribution in [1.82, 2.24) is 5.32 Å². The highest BCUT2D eigenvalue weighted by Gasteiger charge is 2.25. The summed E-state index contributed by atoms with van der Waals surface area (Å²) in [6, 6.07) is 5.25. The zero-order valence-electron chi connectivity index (χ0n) is 6.13. The van der Waals surface area contributed by atoms with Gasteiger partial charge in [0.1, 0.15) is 4.99 Å². The molecule has 1 heterocycles. The van der Waals surface area contributed by atoms with Crippen LogP contribution in [0.4, 0.5) is 5.69 Å². The van der Waals surface area contributed by atoms with Crippen molar-refractivity contribution in [3.05, 3.63) is 29.3 Å². The molecule has 1 aromatic rings. The molecule has 0 atom stereocenters. The second-order valence-corrected chi connectivity index (χ2v) is 2.96. The lowest BCUT2D eigenvalue weighted by atomic mass is 10.1. The molecule has 0 aliphatic carbocycles. The van der Waals surface area contributed by atoms with E-state index in [1.54, 1.807) is 18.2 Å². The van der Waals surface area contributed by atoms with E-state index in [1.165, 1.54) is 0 Å². The Kier molecular flexibility index (Phi) is 1.38. The quantitative estimate of drug-likeness (QED) is 0.454. The van der Waals surface area contributed by atoms with Crippen molar-refractivity contribution in [2.24, 2.45) is 0 Å². The summed E-state index contributed by atoms with van der Waals surface area (Å²) in [5.74, 6) is -0.201. The molecule has 0 bridgehead atoms. The number of amides is 1. The molecule has 0 fully saturated rings. The molecule has 0 radical (unpaired) electrons. The largest absolute Gasteiger partial charge is 0.398 e. The number of thiocarbonyl (C=S) groups is 1. The lowest BCUT2D eigenvalue weighted by Crippen LogP contribution is -2.19. The van der Waals surface area contributed by atoms with Gasteiger partial charge in [-0.15, -0.1) is 0 Å². The summed E-state index contributed by atoms with van der Waals surface area (Å²) in [5, 5.41) is 2.54. The second kappa shape index (κ2) is 2.28. The molecule has 2 rings (SSSR count). The zero-order chi connectivity index (χ0) is 8.72. The number of hydrogen-bond donors (Lipinski definition) is 2. The first-order valence-corrected chi connectivity index (χ1v) is 3.85. The fraction of sp³-hybridized carbons (Fsp3) is 0. The molecule has 0 unspecified atom stereocenters. The summed E-state index contributed by atoms with van der Waals surface area (Å²) in [4.78, 5) is 11.7. The molecular weight excluding hydrogens is 172 g/mol. The van der Waals surface area contributed by atoms with Crippen LogP contribution >= 0.6 is 12.2 Å². The van der Waals surface area contributed by atoms with Gasteiger partial charge in [-0.3, -0.25) is 4.79 Å². The number of nitrogen functional groups attached to an aromatic ring is 1. The minimum Gasteiger partial charge on any atom is -0.398 e. The Balaban J connectivity index is 2.75. The predicted octanol–water partition coefficient (Wildman–Crippen LogP) is 0.688. The molecule has 12 heavy (non-hydrogen) atoms. The third-order valence-electron chi connectivity index (χ3n) is 1.80. The lowest BCUT2D eigenvalue weighted by molar-refractivity contribution is 0.0984. The van der Waals surface area contributed by atoms with Crippen LogP contribution in [-0.4, -0.2) is 10.9 Å². The number of nitrogens with one attached hydrogen (secondary N) is 1. The van der Waals surface area contributed by atoms with Gasteiger partial charge in [0.2, 0.25) is 0 Å². The summed E-state index contributed by atoms with van der Waals surface area (Å²) in [7, 11) is 0. The molecule has 60 valence electrons. The summed E-state index contributed by atoms with van der Waals surface area (Å²) >= 11 is 4.92. The monoisotopic (exact) mass is 178 g/mol. The van der Waals surface area contributed by atoms with Crippen LogP contribution in [0.5, 0.6) is 0 Å². The van der Waals surface area contributed by atoms with E-state index in [0.29, 0.717) is 16.2 Å². The van der Waals surface area contributed by atoms with E-state index in [1.807, 2.05) is 0 Å². The van der Waals surface area contributed by atoms with E-state index in [0.717, 1.165) is 5.56 Å². The van der Waals surface area contributed by atoms with E-state index in [4.69, 9.17) is 18.0 Å². The fourth-order valence-corrected chi connectivity index (χ4v) is 1.51. The van der Waals surface area contributed by atoms with E-state index >= 15 is 0 Å². The molecule has 0 aromatic heterocycles. The third kappa shape index (κ3) is 0.816. The molecule has 1 aromatic carbocycles. The second-order valence-electron chi connectivity index (χ2n) is 2.55. The topological polar surface area (TPSA) is 55.1 Å². The Morgan fingerprint density at radius 3 is 2.83 bits per heavy atom. The van der Waals surface area contributed by atoms with Crippen LogP contribution in [0, 0.1) is 0 Å². The summed E-state index contributed by atoms with van der Waals surface area (Å²) in [6.45, 7) is 0. The van der Waals surface area contributed by atoms with Gasteiger partial charge in [0.05, 0.1) is 5.56 Å². The molecule has 1 aliphatic rings. The fourth-order valence-electron chi connectivity index (χ4n) is 1.25. The van der Waals surface area contributed by atoms with Crippen LogP contribution in [0.25, 0.3) is 0 Å². The van der Waals surface area contributed by atoms with Gasteiger partial charge in [-0.05, 0) is 6.07 Å². The van der Waals surface area contributed by atoms with Gasteiger partial charge >= 0.3 is 0 Å². The molecule has 0 spiro atoms. The van der Waals surface area contributed by atoms with Crippen molar-refractivity contribution in [3.8, 4) is 0 Å². The maximum absolute atomic E-state index is 11.2. The van der Waals surface area contributed by atoms with Gasteiger partial charge in [-0.1, -0.05) is 24.4 Å². The van der Waals surface area contributed by atoms with Gasteiger partial charge in [0.15, 0.2) is 0 Å². The Labute approximate surface area is 74.6 Å². The molecule has 0 saturated heterocycles. The van der Waals surface area contributed by atoms with E-state index < -0.39 is 0 Å². The van der Waals surface area contributed by atoms with Crippen LogP contribution in [0.15, 0.2) is 18.2 Å². The van der Waals surface area contributed by atoms with E-state index in [-0.39, 0.29) is 5.91 Å². The maximum Gasteiger partial charge on any atom is 0.259 e. The number of benzene rings is 1. The number of anilines is 1. The zero-order valence-corrected chi connectivity index (χ0v) is 6.94. The minimum absolute atomic E-state index is 0.201. The number of rotatable bonds is 0. The molecule has 4 heteroatoms. The maximum atomic E-state index is 11.2. The highest BCUT2D eigenvalue weighted by atomic mass is 32.1. The molecule has 1 aliphatic heterocycles. The SMILES string of the molecule is Nc1cccc2c1C(=O)NC2=S. The standard InChI is InChI=1S/C8H6N2OS/c9-5-3-1-2-4-6(5)7(11)10-8(4)12/h1-3H,9H2,(H,10,11,12). The summed E-state index contributed by atoms with van der Waals surface area (Å²) in [6.07, 6.45) is 0. The summed E-state index contributed by atoms with van der Waals surface area (Å²) in [5.41, 5.74) is 7.31. The predicted molar refractivity (Wildman–Crippen MR) is 50.0 cm³/mol. The van der Waals surface area contributed by atoms with Crippen LogP contribution in [-0.2, 0) is 0 Å². The first-order valence-electron chi connectivity index (χ1n) is 3.44. The molecular formula is C8H6N2OS. The third-order valence-corrected chi connectivity index (χ3v) is 2.12. The van der Waals surface area contributed by atoms with Crippen molar-refractivity contribution in [2.45, 2.75) is 0 Å². The first kappa shape index (κ1) is 7.24. The van der Waals surface area contributed by atoms with Gasteiger partial charge in [0.25, 0.3) is 5.91 Å². The van der Waals surface area contributed by atoms with Gasteiger partial charge in [-0.2, -0.15) is 0 Å². The van der Waals surface area contributed by atoms with Gasteiger partial charge < -0.3 is 11.1 Å². The van der Waals surface area contributed by atoms with Crippen LogP contribution in [0.1, 0.15) is 15.9 Å². The Morgan fingerprint density at radius 1 is 1.42 bits per heavy atom. The van der Waals surface area contributed by atoms with Gasteiger partial charge in [0, 0.05) is 11.3 Å². The van der Waals surface area contributed by atoms with Crippen molar-refractivity contribution in [2.75, 3.05) is 5.73 Å². The molecule has 3 N–H and O–H groups in total. The minimum atomic E-state index is -0.201. The Bertz CT molecular complexity index is 387. The molecule has 1 amide bonds. The summed E-state index contributed by atoms with van der Waals surface area (Å²) < 4.78 is 0. The van der Waals surface area contributed by atoms with Crippen molar-refractivity contribution in [3.63, 3.8) is 0 Å². The number of hydrogen-bond acceptors (Lipinski definition) is 3. The molecule has 3 nitrogen and oxygen atoms in total. The van der Waals surface area contributed by atoms with E-state index in [9.17, 15) is 4.79 Å². The number of fused-ring (bicyclic) bond motifs is 1. The van der Waals surface area contributed by atoms with Crippen LogP contribution in [0.2, 0.25) is 0 Å². The van der Waals surface area contributed by atoms with Gasteiger partial charge in [-0.25, -0.2) is 0 Å². The molecule has 0 saturated carbocycles. The number of nitrogens with two attached hydrogens (primary N) is 1. The van der Waals surface area contributed by atoms with Crippen LogP contribution in [0.3, 0.4) is 0 Å². The van der Waals surface area contributed by atoms with E-state index in [2.05, 4.69) is 5.32 Å². The lowest BCUT2D eigenvalue weighted by Gasteiger charge is -1.97. The average Bonchev–Trinajstić information content (AvgIpc) is 2.29. The van der Waals surface area contributed by atoms with Crippen molar-refractivity contribution >= 4 is 28.8 Å². The highest BCUT2D eigenvalue weighted by Crippen LogP contribution is 2.21. The normalized spacial score (nSPS) is 14.3. The van der Waals surface area contributed by atoms with Crippen molar-refractivity contribution < 1.29 is 4.79 Å². The average molecular weight is 178 g/mol. The smallest absolute Gasteiger partial charge is 0.259 e. The Hall–Kier alpha value is -1.42. The first-order chi connectivity index (χ1) is 5.70. The number of carbonyl (C=O) groups is 1. The van der Waals surface area contributed by atoms with Crippen LogP contribution < -0.4 is 11.1 Å². The number of carbonyl (C=O) groups excluding carboxylic acids is 1. The Morgan fingerprint density at radius 2 is 2.17 bits per heavy atom. The highest BCUT2D eigenvalue weighted by molar-refractivity contribution is 7.80.